The van der Waals surface area contributed by atoms with Crippen LogP contribution in [-0.2, 0) is 10.0 Å². The Balaban J connectivity index is 1.42. The lowest BCUT2D eigenvalue weighted by molar-refractivity contribution is 0.601. The van der Waals surface area contributed by atoms with E-state index in [2.05, 4.69) is 19.8 Å². The Morgan fingerprint density at radius 2 is 1.58 bits per heavy atom. The maximum absolute atomic E-state index is 13.5. The van der Waals surface area contributed by atoms with Crippen molar-refractivity contribution >= 4 is 55.2 Å². The molecule has 6 rings (SSSR count). The van der Waals surface area contributed by atoms with Gasteiger partial charge in [-0.25, -0.2) is 8.42 Å². The number of H-pyrrole nitrogens is 1. The second-order valence-corrected chi connectivity index (χ2v) is 10.8. The number of aromatic amines is 1. The van der Waals surface area contributed by atoms with Crippen LogP contribution < -0.4 is 9.62 Å². The molecule has 7 heteroatoms. The Hall–Kier alpha value is -4.10. The number of hydrogen-bond acceptors (Lipinski definition) is 4. The molecule has 1 fully saturated rings. The van der Waals surface area contributed by atoms with Crippen molar-refractivity contribution in [2.75, 3.05) is 22.7 Å². The van der Waals surface area contributed by atoms with Crippen LogP contribution in [0.5, 0.6) is 0 Å². The van der Waals surface area contributed by atoms with Crippen LogP contribution in [0.3, 0.4) is 0 Å². The van der Waals surface area contributed by atoms with Gasteiger partial charge in [0, 0.05) is 18.5 Å². The van der Waals surface area contributed by atoms with Crippen molar-refractivity contribution in [1.82, 2.24) is 10.2 Å². The molecule has 1 aromatic heterocycles. The van der Waals surface area contributed by atoms with E-state index in [1.54, 1.807) is 12.1 Å². The Morgan fingerprint density at radius 3 is 2.39 bits per heavy atom. The van der Waals surface area contributed by atoms with Gasteiger partial charge in [-0.2, -0.15) is 5.10 Å². The summed E-state index contributed by atoms with van der Waals surface area (Å²) in [5.41, 5.74) is 4.13. The fraction of sp³-hybridized carbons (Fsp3) is 0.138. The number of nitrogens with zero attached hydrogens (tertiary/aromatic N) is 2. The van der Waals surface area contributed by atoms with E-state index in [-0.39, 0.29) is 4.90 Å². The molecule has 0 bridgehead atoms. The molecular weight excluding hydrogens is 468 g/mol. The van der Waals surface area contributed by atoms with E-state index in [1.807, 2.05) is 84.9 Å². The topological polar surface area (TPSA) is 78.1 Å². The van der Waals surface area contributed by atoms with E-state index in [9.17, 15) is 8.42 Å². The average Bonchev–Trinajstić information content (AvgIpc) is 3.57. The maximum atomic E-state index is 13.5. The van der Waals surface area contributed by atoms with Crippen molar-refractivity contribution in [3.63, 3.8) is 0 Å². The molecule has 4 aromatic carbocycles. The lowest BCUT2D eigenvalue weighted by Gasteiger charge is -2.22. The lowest BCUT2D eigenvalue weighted by atomic mass is 10.1. The van der Waals surface area contributed by atoms with Gasteiger partial charge in [0.2, 0.25) is 0 Å². The van der Waals surface area contributed by atoms with Crippen LogP contribution in [0.1, 0.15) is 24.1 Å². The van der Waals surface area contributed by atoms with E-state index in [1.165, 1.54) is 0 Å². The van der Waals surface area contributed by atoms with E-state index >= 15 is 0 Å². The van der Waals surface area contributed by atoms with Gasteiger partial charge in [0.25, 0.3) is 10.0 Å². The minimum atomic E-state index is -3.80. The Kier molecular flexibility index (Phi) is 5.70. The number of benzene rings is 4. The third-order valence-corrected chi connectivity index (χ3v) is 8.03. The summed E-state index contributed by atoms with van der Waals surface area (Å²) in [6, 6.07) is 26.9. The third-order valence-electron chi connectivity index (χ3n) is 6.66. The molecule has 1 aliphatic heterocycles. The van der Waals surface area contributed by atoms with Gasteiger partial charge in [-0.15, -0.1) is 0 Å². The number of nitrogens with one attached hydrogen (secondary N) is 2. The monoisotopic (exact) mass is 494 g/mol. The normalized spacial score (nSPS) is 14.3. The largest absolute Gasteiger partial charge is 0.370 e. The Bertz CT molecular complexity index is 1690. The zero-order chi connectivity index (χ0) is 24.5. The fourth-order valence-corrected chi connectivity index (χ4v) is 5.88. The maximum Gasteiger partial charge on any atom is 0.261 e. The highest BCUT2D eigenvalue weighted by Crippen LogP contribution is 2.36. The summed E-state index contributed by atoms with van der Waals surface area (Å²) >= 11 is 0. The van der Waals surface area contributed by atoms with E-state index < -0.39 is 10.0 Å². The zero-order valence-corrected chi connectivity index (χ0v) is 20.5. The summed E-state index contributed by atoms with van der Waals surface area (Å²) in [5, 5.41) is 10.4. The zero-order valence-electron chi connectivity index (χ0n) is 19.7. The highest BCUT2D eigenvalue weighted by atomic mass is 32.2. The van der Waals surface area contributed by atoms with Crippen LogP contribution in [0.25, 0.3) is 33.8 Å². The molecule has 0 aliphatic carbocycles. The van der Waals surface area contributed by atoms with Gasteiger partial charge in [0.1, 0.15) is 0 Å². The minimum absolute atomic E-state index is 0.241. The summed E-state index contributed by atoms with van der Waals surface area (Å²) in [7, 11) is -3.80. The third kappa shape index (κ3) is 4.33. The highest BCUT2D eigenvalue weighted by molar-refractivity contribution is 7.92. The van der Waals surface area contributed by atoms with Crippen molar-refractivity contribution in [3.05, 3.63) is 96.2 Å². The molecular formula is C29H26N4O2S. The van der Waals surface area contributed by atoms with Crippen LogP contribution in [0, 0.1) is 0 Å². The van der Waals surface area contributed by atoms with Gasteiger partial charge in [0.05, 0.1) is 27.5 Å². The first-order valence-electron chi connectivity index (χ1n) is 12.1. The number of anilines is 2. The second kappa shape index (κ2) is 9.17. The first-order valence-corrected chi connectivity index (χ1v) is 13.6. The fourth-order valence-electron chi connectivity index (χ4n) is 4.78. The lowest BCUT2D eigenvalue weighted by Crippen LogP contribution is -2.21. The Morgan fingerprint density at radius 1 is 0.833 bits per heavy atom. The van der Waals surface area contributed by atoms with Gasteiger partial charge in [-0.3, -0.25) is 9.82 Å². The molecule has 6 nitrogen and oxygen atoms in total. The molecule has 0 unspecified atom stereocenters. The average molecular weight is 495 g/mol. The van der Waals surface area contributed by atoms with Crippen molar-refractivity contribution in [3.8, 4) is 0 Å². The van der Waals surface area contributed by atoms with Crippen molar-refractivity contribution < 1.29 is 8.42 Å². The van der Waals surface area contributed by atoms with Crippen LogP contribution in [0.2, 0.25) is 0 Å². The molecule has 0 saturated carbocycles. The molecule has 5 aromatic rings. The van der Waals surface area contributed by atoms with Crippen LogP contribution >= 0.6 is 0 Å². The van der Waals surface area contributed by atoms with Gasteiger partial charge in [0.15, 0.2) is 0 Å². The van der Waals surface area contributed by atoms with Crippen molar-refractivity contribution in [1.29, 1.82) is 0 Å². The van der Waals surface area contributed by atoms with E-state index in [4.69, 9.17) is 0 Å². The van der Waals surface area contributed by atoms with Gasteiger partial charge >= 0.3 is 0 Å². The molecule has 2 heterocycles. The summed E-state index contributed by atoms with van der Waals surface area (Å²) in [6.07, 6.45) is 6.13. The molecule has 1 aliphatic rings. The van der Waals surface area contributed by atoms with Gasteiger partial charge in [-0.05, 0) is 59.5 Å². The predicted molar refractivity (Wildman–Crippen MR) is 148 cm³/mol. The SMILES string of the molecule is O=S(=O)(Nc1cc2c(/C=C/c3ccccc3)n[nH]c2cc1N1CCCC1)c1ccc2ccccc2c1. The number of sulfonamides is 1. The smallest absolute Gasteiger partial charge is 0.261 e. The summed E-state index contributed by atoms with van der Waals surface area (Å²) in [6.45, 7) is 1.79. The first-order chi connectivity index (χ1) is 17.6. The van der Waals surface area contributed by atoms with Crippen molar-refractivity contribution in [2.24, 2.45) is 0 Å². The molecule has 180 valence electrons. The molecule has 0 spiro atoms. The molecule has 1 saturated heterocycles. The van der Waals surface area contributed by atoms with Crippen molar-refractivity contribution in [2.45, 2.75) is 17.7 Å². The summed E-state index contributed by atoms with van der Waals surface area (Å²) in [5.74, 6) is 0. The van der Waals surface area contributed by atoms with Gasteiger partial charge in [-0.1, -0.05) is 66.7 Å². The molecule has 36 heavy (non-hydrogen) atoms. The summed E-state index contributed by atoms with van der Waals surface area (Å²) < 4.78 is 29.9. The van der Waals surface area contributed by atoms with E-state index in [0.717, 1.165) is 64.6 Å². The number of aromatic nitrogens is 2. The first kappa shape index (κ1) is 22.4. The molecule has 0 radical (unpaired) electrons. The highest BCUT2D eigenvalue weighted by Gasteiger charge is 2.22. The standard InChI is InChI=1S/C29H26N4O2S/c34-36(35,24-14-13-22-10-4-5-11-23(22)18-24)32-28-19-25-26(15-12-21-8-2-1-3-9-21)30-31-27(25)20-29(28)33-16-6-7-17-33/h1-5,8-15,18-20,32H,6-7,16-17H2,(H,30,31)/b15-12+. The quantitative estimate of drug-likeness (QED) is 0.291. The number of rotatable bonds is 6. The minimum Gasteiger partial charge on any atom is -0.370 e. The van der Waals surface area contributed by atoms with Crippen LogP contribution in [0.4, 0.5) is 11.4 Å². The number of hydrogen-bond donors (Lipinski definition) is 2. The second-order valence-electron chi connectivity index (χ2n) is 9.08. The summed E-state index contributed by atoms with van der Waals surface area (Å²) in [4.78, 5) is 2.47. The molecule has 0 amide bonds. The molecule has 0 atom stereocenters. The van der Waals surface area contributed by atoms with E-state index in [0.29, 0.717) is 5.69 Å². The van der Waals surface area contributed by atoms with Gasteiger partial charge < -0.3 is 4.90 Å². The predicted octanol–water partition coefficient (Wildman–Crippen LogP) is 6.29. The van der Waals surface area contributed by atoms with Crippen LogP contribution in [-0.4, -0.2) is 31.7 Å². The van der Waals surface area contributed by atoms with Crippen LogP contribution in [0.15, 0.2) is 89.8 Å². The molecule has 2 N–H and O–H groups in total. The number of fused-ring (bicyclic) bond motifs is 2. The Labute approximate surface area is 210 Å².